The molecule has 0 saturated carbocycles. The van der Waals surface area contributed by atoms with E-state index in [2.05, 4.69) is 13.9 Å². The largest absolute Gasteiger partial charge is 0.491 e. The molecule has 0 bridgehead atoms. The molecular formula is C15H14F11NO4S. The Bertz CT molecular complexity index is 953. The third-order valence-corrected chi connectivity index (χ3v) is 5.01. The van der Waals surface area contributed by atoms with Crippen molar-refractivity contribution in [2.45, 2.75) is 55.9 Å². The van der Waals surface area contributed by atoms with Crippen molar-refractivity contribution < 1.29 is 65.6 Å². The van der Waals surface area contributed by atoms with Gasteiger partial charge in [0, 0.05) is 11.5 Å². The lowest BCUT2D eigenvalue weighted by atomic mass is 9.90. The second kappa shape index (κ2) is 8.06. The minimum Gasteiger partial charge on any atom is -0.491 e. The lowest BCUT2D eigenvalue weighted by Gasteiger charge is -2.32. The van der Waals surface area contributed by atoms with Gasteiger partial charge in [0.05, 0.1) is 12.8 Å². The number of hydrogen-bond donors (Lipinski definition) is 0. The van der Waals surface area contributed by atoms with Crippen LogP contribution in [0.5, 0.6) is 11.5 Å². The van der Waals surface area contributed by atoms with Gasteiger partial charge >= 0.3 is 33.4 Å². The molecular weight excluding hydrogens is 499 g/mol. The van der Waals surface area contributed by atoms with Gasteiger partial charge in [-0.3, -0.25) is 0 Å². The molecule has 186 valence electrons. The van der Waals surface area contributed by atoms with Gasteiger partial charge in [-0.25, -0.2) is 13.8 Å². The van der Waals surface area contributed by atoms with Crippen molar-refractivity contribution in [1.29, 1.82) is 0 Å². The first-order valence-electron chi connectivity index (χ1n) is 7.97. The Balaban J connectivity index is 3.74. The highest BCUT2D eigenvalue weighted by Crippen LogP contribution is 2.55. The Morgan fingerprint density at radius 1 is 0.906 bits per heavy atom. The Morgan fingerprint density at radius 3 is 1.72 bits per heavy atom. The molecule has 0 aliphatic heterocycles. The number of hydrogen-bond acceptors (Lipinski definition) is 5. The molecule has 0 fully saturated rings. The van der Waals surface area contributed by atoms with Crippen molar-refractivity contribution in [2.75, 3.05) is 7.11 Å². The molecule has 0 unspecified atom stereocenters. The van der Waals surface area contributed by atoms with Crippen LogP contribution < -0.4 is 8.92 Å². The van der Waals surface area contributed by atoms with Gasteiger partial charge in [0.1, 0.15) is 5.69 Å². The molecule has 0 amide bonds. The highest BCUT2D eigenvalue weighted by Gasteiger charge is 2.86. The van der Waals surface area contributed by atoms with Crippen LogP contribution in [0.3, 0.4) is 0 Å². The molecule has 5 nitrogen and oxygen atoms in total. The maximum absolute atomic E-state index is 13.9. The van der Waals surface area contributed by atoms with Crippen molar-refractivity contribution in [3.63, 3.8) is 0 Å². The molecule has 0 radical (unpaired) electrons. The van der Waals surface area contributed by atoms with Crippen LogP contribution in [0, 0.1) is 0 Å². The van der Waals surface area contributed by atoms with Crippen LogP contribution in [0.2, 0.25) is 0 Å². The molecule has 1 aromatic heterocycles. The van der Waals surface area contributed by atoms with Crippen LogP contribution in [0.1, 0.15) is 38.6 Å². The van der Waals surface area contributed by atoms with E-state index in [-0.39, 0.29) is 6.07 Å². The molecule has 1 aromatic rings. The summed E-state index contributed by atoms with van der Waals surface area (Å²) < 4.78 is 175. The van der Waals surface area contributed by atoms with E-state index in [1.165, 1.54) is 20.8 Å². The van der Waals surface area contributed by atoms with Crippen molar-refractivity contribution >= 4 is 10.1 Å². The first-order valence-corrected chi connectivity index (χ1v) is 9.38. The van der Waals surface area contributed by atoms with Gasteiger partial charge in [-0.15, -0.1) is 0 Å². The molecule has 1 rings (SSSR count). The van der Waals surface area contributed by atoms with Crippen LogP contribution >= 0.6 is 0 Å². The maximum atomic E-state index is 13.9. The standard InChI is InChI=1S/C15H14F11NO4S/c1-11(2,3)9-8(30-4)7(5-6(27-9)10(16)17)31-32(28,29)15(25,26)13(20,21)12(18,19)14(22,23)24/h5,10H,1-4H3. The van der Waals surface area contributed by atoms with Crippen molar-refractivity contribution in [3.05, 3.63) is 17.5 Å². The van der Waals surface area contributed by atoms with Gasteiger partial charge < -0.3 is 8.92 Å². The average Bonchev–Trinajstić information content (AvgIpc) is 2.58. The lowest BCUT2D eigenvalue weighted by Crippen LogP contribution is -2.63. The van der Waals surface area contributed by atoms with Crippen molar-refractivity contribution in [2.24, 2.45) is 0 Å². The molecule has 1 heterocycles. The van der Waals surface area contributed by atoms with E-state index in [9.17, 15) is 56.7 Å². The van der Waals surface area contributed by atoms with Crippen LogP contribution in [0.15, 0.2) is 6.07 Å². The van der Waals surface area contributed by atoms with Gasteiger partial charge in [-0.1, -0.05) is 20.8 Å². The molecule has 0 saturated heterocycles. The summed E-state index contributed by atoms with van der Waals surface area (Å²) in [7, 11) is -6.63. The SMILES string of the molecule is COc1c(OS(=O)(=O)C(F)(F)C(F)(F)C(F)(F)C(F)(F)F)cc(C(F)F)nc1C(C)(C)C. The van der Waals surface area contributed by atoms with Gasteiger partial charge in [-0.05, 0) is 0 Å². The Hall–Kier alpha value is -2.07. The van der Waals surface area contributed by atoms with Crippen molar-refractivity contribution in [1.82, 2.24) is 4.98 Å². The van der Waals surface area contributed by atoms with E-state index >= 15 is 0 Å². The van der Waals surface area contributed by atoms with E-state index < -0.39 is 68.1 Å². The van der Waals surface area contributed by atoms with Crippen LogP contribution in [-0.2, 0) is 15.5 Å². The summed E-state index contributed by atoms with van der Waals surface area (Å²) in [6, 6.07) is -0.0353. The second-order valence-electron chi connectivity index (χ2n) is 7.18. The smallest absolute Gasteiger partial charge is 0.460 e. The first-order chi connectivity index (χ1) is 14.0. The quantitative estimate of drug-likeness (QED) is 0.358. The fraction of sp³-hybridized carbons (Fsp3) is 0.667. The average molecular weight is 513 g/mol. The Morgan fingerprint density at radius 2 is 1.38 bits per heavy atom. The van der Waals surface area contributed by atoms with Crippen LogP contribution in [-0.4, -0.2) is 43.8 Å². The van der Waals surface area contributed by atoms with E-state index in [0.29, 0.717) is 0 Å². The van der Waals surface area contributed by atoms with Gasteiger partial charge in [0.25, 0.3) is 6.43 Å². The van der Waals surface area contributed by atoms with Crippen LogP contribution in [0.25, 0.3) is 0 Å². The van der Waals surface area contributed by atoms with Gasteiger partial charge in [-0.2, -0.15) is 47.9 Å². The highest BCUT2D eigenvalue weighted by molar-refractivity contribution is 7.88. The van der Waals surface area contributed by atoms with Gasteiger partial charge in [0.15, 0.2) is 11.5 Å². The van der Waals surface area contributed by atoms with E-state index in [1.54, 1.807) is 0 Å². The first kappa shape index (κ1) is 28.0. The lowest BCUT2D eigenvalue weighted by molar-refractivity contribution is -0.382. The molecule has 32 heavy (non-hydrogen) atoms. The molecule has 0 aliphatic carbocycles. The predicted molar refractivity (Wildman–Crippen MR) is 84.9 cm³/mol. The number of aromatic nitrogens is 1. The number of methoxy groups -OCH3 is 1. The molecule has 0 N–H and O–H groups in total. The molecule has 0 aromatic carbocycles. The molecule has 0 spiro atoms. The summed E-state index contributed by atoms with van der Waals surface area (Å²) in [4.78, 5) is 3.43. The maximum Gasteiger partial charge on any atom is 0.460 e. The summed E-state index contributed by atoms with van der Waals surface area (Å²) in [6.45, 7) is 3.87. The number of halogens is 11. The summed E-state index contributed by atoms with van der Waals surface area (Å²) >= 11 is 0. The summed E-state index contributed by atoms with van der Waals surface area (Å²) in [5.74, 6) is -17.6. The molecule has 0 aliphatic rings. The number of ether oxygens (including phenoxy) is 1. The number of rotatable bonds is 7. The van der Waals surface area contributed by atoms with Crippen LogP contribution in [0.4, 0.5) is 48.3 Å². The highest BCUT2D eigenvalue weighted by atomic mass is 32.2. The minimum absolute atomic E-state index is 0.0353. The number of nitrogens with zero attached hydrogens (tertiary/aromatic N) is 1. The normalized spacial score (nSPS) is 14.6. The molecule has 0 atom stereocenters. The number of pyridine rings is 1. The third-order valence-electron chi connectivity index (χ3n) is 3.73. The summed E-state index contributed by atoms with van der Waals surface area (Å²) in [5, 5.41) is -7.18. The van der Waals surface area contributed by atoms with Gasteiger partial charge in [0.2, 0.25) is 0 Å². The fourth-order valence-corrected chi connectivity index (χ4v) is 3.00. The Kier molecular flexibility index (Phi) is 7.04. The Labute approximate surface area is 173 Å². The zero-order valence-corrected chi connectivity index (χ0v) is 17.1. The zero-order chi connectivity index (χ0) is 25.7. The number of alkyl halides is 11. The van der Waals surface area contributed by atoms with E-state index in [1.807, 2.05) is 0 Å². The predicted octanol–water partition coefficient (Wildman–Crippen LogP) is 5.46. The molecule has 17 heteroatoms. The second-order valence-corrected chi connectivity index (χ2v) is 8.77. The topological polar surface area (TPSA) is 65.5 Å². The summed E-state index contributed by atoms with van der Waals surface area (Å²) in [6.07, 6.45) is -10.8. The zero-order valence-electron chi connectivity index (χ0n) is 16.3. The van der Waals surface area contributed by atoms with Crippen molar-refractivity contribution in [3.8, 4) is 11.5 Å². The minimum atomic E-state index is -7.56. The monoisotopic (exact) mass is 513 g/mol. The van der Waals surface area contributed by atoms with E-state index in [0.717, 1.165) is 7.11 Å². The fourth-order valence-electron chi connectivity index (χ4n) is 2.10. The van der Waals surface area contributed by atoms with E-state index in [4.69, 9.17) is 0 Å². The summed E-state index contributed by atoms with van der Waals surface area (Å²) in [5.41, 5.74) is -3.16. The third kappa shape index (κ3) is 4.52.